The highest BCUT2D eigenvalue weighted by Gasteiger charge is 2.29. The maximum atomic E-state index is 10.8. The van der Waals surface area contributed by atoms with Crippen LogP contribution in [0.3, 0.4) is 0 Å². The van der Waals surface area contributed by atoms with E-state index in [-0.39, 0.29) is 6.10 Å². The monoisotopic (exact) mass is 220 g/mol. The number of carboxylic acid groups (broad SMARTS) is 1. The molecule has 0 amide bonds. The van der Waals surface area contributed by atoms with E-state index in [1.807, 2.05) is 6.92 Å². The summed E-state index contributed by atoms with van der Waals surface area (Å²) in [6.45, 7) is 1.95. The smallest absolute Gasteiger partial charge is 0.335 e. The number of aromatic carboxylic acids is 1. The third-order valence-corrected chi connectivity index (χ3v) is 3.19. The Morgan fingerprint density at radius 3 is 2.75 bits per heavy atom. The van der Waals surface area contributed by atoms with Crippen molar-refractivity contribution in [1.82, 2.24) is 0 Å². The molecular weight excluding hydrogens is 204 g/mol. The van der Waals surface area contributed by atoms with Crippen molar-refractivity contribution in [2.75, 3.05) is 0 Å². The van der Waals surface area contributed by atoms with E-state index in [9.17, 15) is 9.90 Å². The van der Waals surface area contributed by atoms with Gasteiger partial charge in [-0.25, -0.2) is 4.79 Å². The number of carbonyl (C=O) groups is 1. The molecule has 1 atom stereocenters. The second-order valence-corrected chi connectivity index (χ2v) is 4.56. The minimum Gasteiger partial charge on any atom is -0.478 e. The fraction of sp³-hybridized carbons (Fsp3) is 0.462. The Kier molecular flexibility index (Phi) is 2.97. The van der Waals surface area contributed by atoms with Crippen LogP contribution in [0.4, 0.5) is 0 Å². The molecule has 0 saturated heterocycles. The molecule has 0 spiro atoms. The summed E-state index contributed by atoms with van der Waals surface area (Å²) < 4.78 is 0. The number of aliphatic hydroxyl groups is 1. The average molecular weight is 220 g/mol. The van der Waals surface area contributed by atoms with E-state index in [1.165, 1.54) is 0 Å². The summed E-state index contributed by atoms with van der Waals surface area (Å²) in [7, 11) is 0. The third-order valence-electron chi connectivity index (χ3n) is 3.19. The minimum absolute atomic E-state index is 0.295. The fourth-order valence-electron chi connectivity index (χ4n) is 1.90. The Morgan fingerprint density at radius 2 is 2.19 bits per heavy atom. The molecule has 1 fully saturated rings. The van der Waals surface area contributed by atoms with E-state index in [2.05, 4.69) is 0 Å². The van der Waals surface area contributed by atoms with Crippen molar-refractivity contribution in [3.63, 3.8) is 0 Å². The van der Waals surface area contributed by atoms with E-state index in [0.717, 1.165) is 24.0 Å². The van der Waals surface area contributed by atoms with Gasteiger partial charge in [0.1, 0.15) is 0 Å². The summed E-state index contributed by atoms with van der Waals surface area (Å²) in [5.41, 5.74) is 2.28. The molecule has 0 heterocycles. The van der Waals surface area contributed by atoms with Gasteiger partial charge in [0.05, 0.1) is 11.7 Å². The van der Waals surface area contributed by atoms with Crippen molar-refractivity contribution in [1.29, 1.82) is 0 Å². The van der Waals surface area contributed by atoms with E-state index in [1.54, 1.807) is 18.2 Å². The zero-order valence-electron chi connectivity index (χ0n) is 9.31. The molecule has 0 aromatic heterocycles. The van der Waals surface area contributed by atoms with Gasteiger partial charge in [0.15, 0.2) is 0 Å². The van der Waals surface area contributed by atoms with Crippen LogP contribution in [0.1, 0.15) is 34.3 Å². The predicted octanol–water partition coefficient (Wildman–Crippen LogP) is 2.01. The van der Waals surface area contributed by atoms with Gasteiger partial charge in [-0.15, -0.1) is 0 Å². The lowest BCUT2D eigenvalue weighted by atomic mass is 9.98. The van der Waals surface area contributed by atoms with E-state index in [0.29, 0.717) is 17.9 Å². The number of hydrogen-bond acceptors (Lipinski definition) is 2. The lowest BCUT2D eigenvalue weighted by molar-refractivity contribution is 0.0696. The number of benzene rings is 1. The molecule has 0 bridgehead atoms. The van der Waals surface area contributed by atoms with Crippen LogP contribution in [0.15, 0.2) is 18.2 Å². The lowest BCUT2D eigenvalue weighted by Gasteiger charge is -2.12. The first-order valence-corrected chi connectivity index (χ1v) is 5.59. The highest BCUT2D eigenvalue weighted by molar-refractivity contribution is 5.87. The predicted molar refractivity (Wildman–Crippen MR) is 60.6 cm³/mol. The molecule has 0 radical (unpaired) electrons. The van der Waals surface area contributed by atoms with Crippen LogP contribution in [-0.2, 0) is 6.42 Å². The topological polar surface area (TPSA) is 57.5 Å². The number of hydrogen-bond donors (Lipinski definition) is 2. The molecule has 1 aromatic rings. The summed E-state index contributed by atoms with van der Waals surface area (Å²) in [4.78, 5) is 10.8. The summed E-state index contributed by atoms with van der Waals surface area (Å²) in [5.74, 6) is -0.491. The Bertz CT molecular complexity index is 408. The first kappa shape index (κ1) is 11.1. The molecule has 1 aliphatic carbocycles. The fourth-order valence-corrected chi connectivity index (χ4v) is 1.90. The third kappa shape index (κ3) is 2.42. The molecule has 1 aromatic carbocycles. The van der Waals surface area contributed by atoms with E-state index < -0.39 is 5.97 Å². The average Bonchev–Trinajstić information content (AvgIpc) is 3.04. The van der Waals surface area contributed by atoms with Gasteiger partial charge in [-0.2, -0.15) is 0 Å². The highest BCUT2D eigenvalue weighted by Crippen LogP contribution is 2.34. The van der Waals surface area contributed by atoms with Gasteiger partial charge >= 0.3 is 5.97 Å². The summed E-state index contributed by atoms with van der Waals surface area (Å²) in [6, 6.07) is 5.08. The van der Waals surface area contributed by atoms with Gasteiger partial charge in [0.25, 0.3) is 0 Å². The minimum atomic E-state index is -0.915. The van der Waals surface area contributed by atoms with Crippen LogP contribution in [0.5, 0.6) is 0 Å². The molecule has 1 unspecified atom stereocenters. The molecular formula is C13H16O3. The molecule has 86 valence electrons. The first-order valence-electron chi connectivity index (χ1n) is 5.59. The number of aliphatic hydroxyl groups excluding tert-OH is 1. The van der Waals surface area contributed by atoms with Crippen LogP contribution >= 0.6 is 0 Å². The van der Waals surface area contributed by atoms with Crippen molar-refractivity contribution >= 4 is 5.97 Å². The highest BCUT2D eigenvalue weighted by atomic mass is 16.4. The molecule has 1 aliphatic rings. The van der Waals surface area contributed by atoms with Crippen LogP contribution < -0.4 is 0 Å². The van der Waals surface area contributed by atoms with Gasteiger partial charge in [-0.3, -0.25) is 0 Å². The quantitative estimate of drug-likeness (QED) is 0.816. The molecule has 2 rings (SSSR count). The van der Waals surface area contributed by atoms with Crippen molar-refractivity contribution < 1.29 is 15.0 Å². The number of rotatable bonds is 4. The Morgan fingerprint density at radius 1 is 1.50 bits per heavy atom. The summed E-state index contributed by atoms with van der Waals surface area (Å²) in [5, 5.41) is 18.7. The maximum Gasteiger partial charge on any atom is 0.335 e. The Labute approximate surface area is 94.7 Å². The van der Waals surface area contributed by atoms with E-state index >= 15 is 0 Å². The number of carboxylic acids is 1. The van der Waals surface area contributed by atoms with Crippen molar-refractivity contribution in [3.05, 3.63) is 34.9 Å². The van der Waals surface area contributed by atoms with Gasteiger partial charge in [-0.1, -0.05) is 6.07 Å². The second-order valence-electron chi connectivity index (χ2n) is 4.56. The van der Waals surface area contributed by atoms with E-state index in [4.69, 9.17) is 5.11 Å². The van der Waals surface area contributed by atoms with Crippen LogP contribution in [0, 0.1) is 12.8 Å². The second kappa shape index (κ2) is 4.26. The largest absolute Gasteiger partial charge is 0.478 e. The summed E-state index contributed by atoms with van der Waals surface area (Å²) in [6.07, 6.45) is 2.44. The van der Waals surface area contributed by atoms with Crippen molar-refractivity contribution in [3.8, 4) is 0 Å². The molecule has 2 N–H and O–H groups in total. The van der Waals surface area contributed by atoms with Crippen molar-refractivity contribution in [2.45, 2.75) is 32.3 Å². The van der Waals surface area contributed by atoms with Crippen molar-refractivity contribution in [2.24, 2.45) is 5.92 Å². The zero-order chi connectivity index (χ0) is 11.7. The SMILES string of the molecule is Cc1ccc(C(=O)O)cc1CC(O)C1CC1. The van der Waals surface area contributed by atoms with Crippen LogP contribution in [0.2, 0.25) is 0 Å². The maximum absolute atomic E-state index is 10.8. The van der Waals surface area contributed by atoms with Gasteiger partial charge in [-0.05, 0) is 55.4 Å². The summed E-state index contributed by atoms with van der Waals surface area (Å²) >= 11 is 0. The Hall–Kier alpha value is -1.35. The Balaban J connectivity index is 2.17. The van der Waals surface area contributed by atoms with Crippen LogP contribution in [0.25, 0.3) is 0 Å². The lowest BCUT2D eigenvalue weighted by Crippen LogP contribution is -2.14. The normalized spacial score (nSPS) is 17.1. The van der Waals surface area contributed by atoms with Gasteiger partial charge in [0, 0.05) is 0 Å². The molecule has 3 heteroatoms. The standard InChI is InChI=1S/C13H16O3/c1-8-2-3-10(13(15)16)6-11(8)7-12(14)9-4-5-9/h2-3,6,9,12,14H,4-5,7H2,1H3,(H,15,16). The molecule has 0 aliphatic heterocycles. The molecule has 16 heavy (non-hydrogen) atoms. The van der Waals surface area contributed by atoms with Gasteiger partial charge < -0.3 is 10.2 Å². The van der Waals surface area contributed by atoms with Gasteiger partial charge in [0.2, 0.25) is 0 Å². The first-order chi connectivity index (χ1) is 7.58. The van der Waals surface area contributed by atoms with Crippen LogP contribution in [-0.4, -0.2) is 22.3 Å². The zero-order valence-corrected chi connectivity index (χ0v) is 9.31. The molecule has 1 saturated carbocycles. The molecule has 3 nitrogen and oxygen atoms in total. The number of aryl methyl sites for hydroxylation is 1.